The van der Waals surface area contributed by atoms with Crippen molar-refractivity contribution in [3.63, 3.8) is 0 Å². The number of aliphatic hydroxyl groups excluding tert-OH is 1. The predicted molar refractivity (Wildman–Crippen MR) is 78.8 cm³/mol. The second-order valence-electron chi connectivity index (χ2n) is 4.78. The topological polar surface area (TPSA) is 50.9 Å². The van der Waals surface area contributed by atoms with Crippen molar-refractivity contribution in [2.24, 2.45) is 0 Å². The first-order valence-electron chi connectivity index (χ1n) is 6.85. The molecule has 0 saturated heterocycles. The molecule has 0 unspecified atom stereocenters. The van der Waals surface area contributed by atoms with Gasteiger partial charge in [-0.1, -0.05) is 25.1 Å². The Kier molecular flexibility index (Phi) is 3.48. The van der Waals surface area contributed by atoms with Gasteiger partial charge in [0.2, 0.25) is 0 Å². The van der Waals surface area contributed by atoms with Crippen molar-refractivity contribution in [3.8, 4) is 5.82 Å². The van der Waals surface area contributed by atoms with Gasteiger partial charge in [-0.25, -0.2) is 9.97 Å². The number of aryl methyl sites for hydroxylation is 1. The van der Waals surface area contributed by atoms with Crippen molar-refractivity contribution in [1.29, 1.82) is 0 Å². The molecule has 3 rings (SSSR count). The number of fused-ring (bicyclic) bond motifs is 1. The van der Waals surface area contributed by atoms with E-state index < -0.39 is 0 Å². The van der Waals surface area contributed by atoms with Crippen LogP contribution in [0.2, 0.25) is 0 Å². The van der Waals surface area contributed by atoms with Gasteiger partial charge in [-0.3, -0.25) is 4.57 Å². The summed E-state index contributed by atoms with van der Waals surface area (Å²) in [4.78, 5) is 9.06. The third-order valence-corrected chi connectivity index (χ3v) is 3.40. The molecule has 0 fully saturated rings. The molecule has 0 aliphatic rings. The van der Waals surface area contributed by atoms with Crippen molar-refractivity contribution in [2.75, 3.05) is 0 Å². The van der Waals surface area contributed by atoms with Gasteiger partial charge in [-0.2, -0.15) is 0 Å². The van der Waals surface area contributed by atoms with Crippen molar-refractivity contribution in [1.82, 2.24) is 14.5 Å². The van der Waals surface area contributed by atoms with Gasteiger partial charge in [-0.05, 0) is 24.1 Å². The molecular weight excluding hydrogens is 250 g/mol. The van der Waals surface area contributed by atoms with E-state index in [0.717, 1.165) is 41.0 Å². The van der Waals surface area contributed by atoms with Crippen molar-refractivity contribution in [2.45, 2.75) is 26.4 Å². The maximum atomic E-state index is 9.58. The molecule has 1 N–H and O–H groups in total. The second-order valence-corrected chi connectivity index (χ2v) is 4.78. The highest BCUT2D eigenvalue weighted by molar-refractivity contribution is 5.83. The summed E-state index contributed by atoms with van der Waals surface area (Å²) in [6.45, 7) is 2.14. The zero-order valence-corrected chi connectivity index (χ0v) is 11.5. The van der Waals surface area contributed by atoms with Crippen LogP contribution in [0.3, 0.4) is 0 Å². The zero-order chi connectivity index (χ0) is 13.9. The van der Waals surface area contributed by atoms with Crippen LogP contribution in [-0.2, 0) is 13.0 Å². The van der Waals surface area contributed by atoms with Crippen LogP contribution < -0.4 is 0 Å². The lowest BCUT2D eigenvalue weighted by atomic mass is 10.1. The van der Waals surface area contributed by atoms with Crippen LogP contribution in [0.4, 0.5) is 0 Å². The summed E-state index contributed by atoms with van der Waals surface area (Å²) in [5, 5.41) is 10.6. The second kappa shape index (κ2) is 5.43. The minimum Gasteiger partial charge on any atom is -0.392 e. The van der Waals surface area contributed by atoms with Gasteiger partial charge in [0.15, 0.2) is 0 Å². The fourth-order valence-corrected chi connectivity index (χ4v) is 2.44. The lowest BCUT2D eigenvalue weighted by Crippen LogP contribution is -2.04. The van der Waals surface area contributed by atoms with Gasteiger partial charge in [0.1, 0.15) is 11.6 Å². The van der Waals surface area contributed by atoms with Gasteiger partial charge in [0.05, 0.1) is 12.1 Å². The van der Waals surface area contributed by atoms with Crippen molar-refractivity contribution >= 4 is 10.9 Å². The fourth-order valence-electron chi connectivity index (χ4n) is 2.44. The van der Waals surface area contributed by atoms with E-state index in [9.17, 15) is 5.11 Å². The zero-order valence-electron chi connectivity index (χ0n) is 11.5. The van der Waals surface area contributed by atoms with Gasteiger partial charge in [-0.15, -0.1) is 0 Å². The molecule has 0 bridgehead atoms. The summed E-state index contributed by atoms with van der Waals surface area (Å²) in [6.07, 6.45) is 5.66. The smallest absolute Gasteiger partial charge is 0.139 e. The lowest BCUT2D eigenvalue weighted by Gasteiger charge is -2.10. The molecule has 102 valence electrons. The first kappa shape index (κ1) is 12.8. The molecule has 2 aromatic heterocycles. The summed E-state index contributed by atoms with van der Waals surface area (Å²) in [5.74, 6) is 1.81. The molecule has 0 aliphatic heterocycles. The maximum Gasteiger partial charge on any atom is 0.139 e. The third kappa shape index (κ3) is 2.18. The monoisotopic (exact) mass is 267 g/mol. The Bertz CT molecular complexity index is 733. The van der Waals surface area contributed by atoms with Gasteiger partial charge >= 0.3 is 0 Å². The molecule has 20 heavy (non-hydrogen) atoms. The summed E-state index contributed by atoms with van der Waals surface area (Å²) < 4.78 is 2.00. The Morgan fingerprint density at radius 1 is 1.25 bits per heavy atom. The Labute approximate surface area is 117 Å². The van der Waals surface area contributed by atoms with Gasteiger partial charge in [0.25, 0.3) is 0 Å². The minimum absolute atomic E-state index is 0.00778. The van der Waals surface area contributed by atoms with Crippen LogP contribution in [0.1, 0.15) is 24.7 Å². The van der Waals surface area contributed by atoms with Crippen LogP contribution in [0.25, 0.3) is 16.7 Å². The van der Waals surface area contributed by atoms with Gasteiger partial charge in [0, 0.05) is 24.2 Å². The average molecular weight is 267 g/mol. The number of benzene rings is 1. The first-order chi connectivity index (χ1) is 9.83. The number of hydrogen-bond donors (Lipinski definition) is 1. The van der Waals surface area contributed by atoms with Crippen LogP contribution >= 0.6 is 0 Å². The molecule has 4 heteroatoms. The molecule has 0 amide bonds. The quantitative estimate of drug-likeness (QED) is 0.790. The van der Waals surface area contributed by atoms with Crippen molar-refractivity contribution in [3.05, 3.63) is 54.1 Å². The summed E-state index contributed by atoms with van der Waals surface area (Å²) in [6, 6.07) is 9.81. The lowest BCUT2D eigenvalue weighted by molar-refractivity contribution is 0.283. The molecule has 0 atom stereocenters. The Balaban J connectivity index is 2.18. The van der Waals surface area contributed by atoms with E-state index in [0.29, 0.717) is 0 Å². The highest BCUT2D eigenvalue weighted by Crippen LogP contribution is 2.21. The van der Waals surface area contributed by atoms with E-state index in [2.05, 4.69) is 16.9 Å². The number of pyridine rings is 1. The molecule has 4 nitrogen and oxygen atoms in total. The van der Waals surface area contributed by atoms with E-state index >= 15 is 0 Å². The number of para-hydroxylation sites is 1. The third-order valence-electron chi connectivity index (χ3n) is 3.40. The molecule has 3 aromatic rings. The summed E-state index contributed by atoms with van der Waals surface area (Å²) in [7, 11) is 0. The summed E-state index contributed by atoms with van der Waals surface area (Å²) >= 11 is 0. The fraction of sp³-hybridized carbons (Fsp3) is 0.250. The Morgan fingerprint density at radius 2 is 2.10 bits per heavy atom. The Hall–Kier alpha value is -2.20. The van der Waals surface area contributed by atoms with Crippen LogP contribution in [0.5, 0.6) is 0 Å². The molecule has 0 spiro atoms. The standard InChI is InChI=1S/C16H17N3O/c1-2-5-15-17-8-9-19(15)16-10-12(11-20)13-6-3-4-7-14(13)18-16/h3-4,6-10,20H,2,5,11H2,1H3. The van der Waals surface area contributed by atoms with Crippen LogP contribution in [0.15, 0.2) is 42.7 Å². The number of hydrogen-bond acceptors (Lipinski definition) is 3. The van der Waals surface area contributed by atoms with E-state index in [4.69, 9.17) is 0 Å². The number of aromatic nitrogens is 3. The number of aliphatic hydroxyl groups is 1. The van der Waals surface area contributed by atoms with Gasteiger partial charge < -0.3 is 5.11 Å². The molecular formula is C16H17N3O. The molecule has 0 saturated carbocycles. The summed E-state index contributed by atoms with van der Waals surface area (Å²) in [5.41, 5.74) is 1.78. The van der Waals surface area contributed by atoms with Crippen molar-refractivity contribution < 1.29 is 5.11 Å². The minimum atomic E-state index is 0.00778. The maximum absolute atomic E-state index is 9.58. The number of nitrogens with zero attached hydrogens (tertiary/aromatic N) is 3. The molecule has 1 aromatic carbocycles. The van der Waals surface area contributed by atoms with E-state index in [1.807, 2.05) is 41.1 Å². The molecule has 0 radical (unpaired) electrons. The van der Waals surface area contributed by atoms with E-state index in [1.54, 1.807) is 6.20 Å². The number of imidazole rings is 1. The molecule has 0 aliphatic carbocycles. The van der Waals surface area contributed by atoms with Crippen LogP contribution in [-0.4, -0.2) is 19.6 Å². The highest BCUT2D eigenvalue weighted by atomic mass is 16.3. The van der Waals surface area contributed by atoms with E-state index in [1.165, 1.54) is 0 Å². The highest BCUT2D eigenvalue weighted by Gasteiger charge is 2.09. The SMILES string of the molecule is CCCc1nccn1-c1cc(CO)c2ccccc2n1. The van der Waals surface area contributed by atoms with Crippen LogP contribution in [0, 0.1) is 0 Å². The number of rotatable bonds is 4. The predicted octanol–water partition coefficient (Wildman–Crippen LogP) is 2.87. The largest absolute Gasteiger partial charge is 0.392 e. The van der Waals surface area contributed by atoms with E-state index in [-0.39, 0.29) is 6.61 Å². The normalized spacial score (nSPS) is 11.1. The Morgan fingerprint density at radius 3 is 2.90 bits per heavy atom. The molecule has 2 heterocycles. The first-order valence-corrected chi connectivity index (χ1v) is 6.85. The average Bonchev–Trinajstić information content (AvgIpc) is 2.95.